The third-order valence-electron chi connectivity index (χ3n) is 2.63. The summed E-state index contributed by atoms with van der Waals surface area (Å²) in [6.45, 7) is 2.15. The van der Waals surface area contributed by atoms with Gasteiger partial charge in [-0.1, -0.05) is 37.6 Å². The molecule has 1 aromatic rings. The van der Waals surface area contributed by atoms with E-state index in [1.54, 1.807) is 0 Å². The molecule has 0 radical (unpaired) electrons. The van der Waals surface area contributed by atoms with Crippen LogP contribution in [-0.4, -0.2) is 5.78 Å². The lowest BCUT2D eigenvalue weighted by Crippen LogP contribution is -1.98. The van der Waals surface area contributed by atoms with Gasteiger partial charge >= 0.3 is 0 Å². The van der Waals surface area contributed by atoms with Crippen molar-refractivity contribution in [3.63, 3.8) is 0 Å². The zero-order valence-electron chi connectivity index (χ0n) is 8.42. The molecule has 0 atom stereocenters. The van der Waals surface area contributed by atoms with Crippen LogP contribution in [0.25, 0.3) is 6.08 Å². The molecule has 0 amide bonds. The number of hydrogen-bond donors (Lipinski definition) is 0. The van der Waals surface area contributed by atoms with Crippen LogP contribution in [-0.2, 0) is 0 Å². The largest absolute Gasteiger partial charge is 0.289 e. The molecule has 0 aliphatic heterocycles. The highest BCUT2D eigenvalue weighted by atomic mass is 16.1. The molecule has 1 aliphatic carbocycles. The first kappa shape index (κ1) is 9.20. The number of hydrogen-bond acceptors (Lipinski definition) is 1. The van der Waals surface area contributed by atoms with Gasteiger partial charge in [-0.2, -0.15) is 0 Å². The first-order valence-corrected chi connectivity index (χ1v) is 5.17. The van der Waals surface area contributed by atoms with E-state index in [2.05, 4.69) is 6.92 Å². The Labute approximate surface area is 84.5 Å². The molecule has 0 N–H and O–H groups in total. The van der Waals surface area contributed by atoms with Gasteiger partial charge in [0.2, 0.25) is 0 Å². The van der Waals surface area contributed by atoms with E-state index in [4.69, 9.17) is 0 Å². The van der Waals surface area contributed by atoms with Crippen LogP contribution in [0.1, 0.15) is 42.1 Å². The van der Waals surface area contributed by atoms with Gasteiger partial charge in [0.15, 0.2) is 5.78 Å². The minimum atomic E-state index is 0.231. The van der Waals surface area contributed by atoms with Crippen molar-refractivity contribution in [2.75, 3.05) is 0 Å². The Hall–Kier alpha value is -1.37. The summed E-state index contributed by atoms with van der Waals surface area (Å²) in [6, 6.07) is 7.82. The van der Waals surface area contributed by atoms with Gasteiger partial charge in [0, 0.05) is 11.1 Å². The van der Waals surface area contributed by atoms with Gasteiger partial charge in [-0.25, -0.2) is 0 Å². The van der Waals surface area contributed by atoms with Gasteiger partial charge in [0.1, 0.15) is 0 Å². The summed E-state index contributed by atoms with van der Waals surface area (Å²) in [7, 11) is 0. The number of fused-ring (bicyclic) bond motifs is 1. The Kier molecular flexibility index (Phi) is 2.49. The molecule has 0 fully saturated rings. The maximum absolute atomic E-state index is 11.8. The standard InChI is InChI=1S/C13H14O/c1-2-3-6-11-9-10-7-4-5-8-12(10)13(11)14/h4-5,7-9H,2-3,6H2,1H3. The lowest BCUT2D eigenvalue weighted by Gasteiger charge is -1.98. The summed E-state index contributed by atoms with van der Waals surface area (Å²) in [5.41, 5.74) is 2.94. The molecular formula is C13H14O. The predicted molar refractivity (Wildman–Crippen MR) is 58.3 cm³/mol. The van der Waals surface area contributed by atoms with Crippen LogP contribution >= 0.6 is 0 Å². The van der Waals surface area contributed by atoms with E-state index in [-0.39, 0.29) is 5.78 Å². The first-order chi connectivity index (χ1) is 6.83. The van der Waals surface area contributed by atoms with Crippen molar-refractivity contribution >= 4 is 11.9 Å². The zero-order chi connectivity index (χ0) is 9.97. The van der Waals surface area contributed by atoms with Crippen LogP contribution in [0.15, 0.2) is 29.8 Å². The second kappa shape index (κ2) is 3.79. The Balaban J connectivity index is 2.24. The number of carbonyl (C=O) groups is 1. The van der Waals surface area contributed by atoms with E-state index >= 15 is 0 Å². The lowest BCUT2D eigenvalue weighted by atomic mass is 10.1. The highest BCUT2D eigenvalue weighted by Crippen LogP contribution is 2.27. The lowest BCUT2D eigenvalue weighted by molar-refractivity contribution is 0.103. The average molecular weight is 186 g/mol. The summed E-state index contributed by atoms with van der Waals surface area (Å²) < 4.78 is 0. The number of allylic oxidation sites excluding steroid dienone is 1. The molecule has 1 nitrogen and oxygen atoms in total. The topological polar surface area (TPSA) is 17.1 Å². The van der Waals surface area contributed by atoms with Gasteiger partial charge in [-0.05, 0) is 24.5 Å². The fourth-order valence-corrected chi connectivity index (χ4v) is 1.81. The van der Waals surface area contributed by atoms with E-state index in [1.165, 1.54) is 0 Å². The number of ketones is 1. The Morgan fingerprint density at radius 3 is 2.71 bits per heavy atom. The van der Waals surface area contributed by atoms with Crippen LogP contribution in [0, 0.1) is 0 Å². The molecule has 0 aromatic heterocycles. The molecule has 0 unspecified atom stereocenters. The van der Waals surface area contributed by atoms with Crippen LogP contribution in [0.3, 0.4) is 0 Å². The average Bonchev–Trinajstić information content (AvgIpc) is 2.54. The quantitative estimate of drug-likeness (QED) is 0.706. The third kappa shape index (κ3) is 1.50. The van der Waals surface area contributed by atoms with Crippen LogP contribution in [0.2, 0.25) is 0 Å². The SMILES string of the molecule is CCCCC1=Cc2ccccc2C1=O. The van der Waals surface area contributed by atoms with Gasteiger partial charge in [0.05, 0.1) is 0 Å². The molecule has 1 aliphatic rings. The number of unbranched alkanes of at least 4 members (excludes halogenated alkanes) is 1. The minimum absolute atomic E-state index is 0.231. The Morgan fingerprint density at radius 1 is 1.21 bits per heavy atom. The smallest absolute Gasteiger partial charge is 0.189 e. The molecule has 1 aromatic carbocycles. The number of Topliss-reactive ketones (excluding diaryl/α,β-unsaturated/α-hetero) is 1. The van der Waals surface area contributed by atoms with Crippen molar-refractivity contribution in [1.82, 2.24) is 0 Å². The highest BCUT2D eigenvalue weighted by Gasteiger charge is 2.20. The van der Waals surface area contributed by atoms with E-state index in [0.717, 1.165) is 36.0 Å². The van der Waals surface area contributed by atoms with Crippen molar-refractivity contribution in [2.24, 2.45) is 0 Å². The summed E-state index contributed by atoms with van der Waals surface area (Å²) in [5, 5.41) is 0. The van der Waals surface area contributed by atoms with Crippen LogP contribution < -0.4 is 0 Å². The predicted octanol–water partition coefficient (Wildman–Crippen LogP) is 3.46. The number of carbonyl (C=O) groups excluding carboxylic acids is 1. The maximum Gasteiger partial charge on any atom is 0.189 e. The fourth-order valence-electron chi connectivity index (χ4n) is 1.81. The Bertz CT molecular complexity index is 388. The summed E-state index contributed by atoms with van der Waals surface area (Å²) in [6.07, 6.45) is 5.20. The number of benzene rings is 1. The van der Waals surface area contributed by atoms with Crippen molar-refractivity contribution in [1.29, 1.82) is 0 Å². The molecule has 0 bridgehead atoms. The molecule has 72 valence electrons. The van der Waals surface area contributed by atoms with Gasteiger partial charge < -0.3 is 0 Å². The second-order valence-electron chi connectivity index (χ2n) is 3.69. The molecule has 2 rings (SSSR count). The van der Waals surface area contributed by atoms with Gasteiger partial charge in [-0.15, -0.1) is 0 Å². The molecule has 14 heavy (non-hydrogen) atoms. The van der Waals surface area contributed by atoms with Crippen LogP contribution in [0.4, 0.5) is 0 Å². The summed E-state index contributed by atoms with van der Waals surface area (Å²) in [5.74, 6) is 0.231. The number of rotatable bonds is 3. The van der Waals surface area contributed by atoms with Crippen LogP contribution in [0.5, 0.6) is 0 Å². The molecule has 1 heteroatoms. The van der Waals surface area contributed by atoms with Crippen molar-refractivity contribution < 1.29 is 4.79 Å². The van der Waals surface area contributed by atoms with E-state index in [9.17, 15) is 4.79 Å². The maximum atomic E-state index is 11.8. The summed E-state index contributed by atoms with van der Waals surface area (Å²) >= 11 is 0. The normalized spacial score (nSPS) is 14.1. The minimum Gasteiger partial charge on any atom is -0.289 e. The van der Waals surface area contributed by atoms with E-state index < -0.39 is 0 Å². The van der Waals surface area contributed by atoms with Crippen molar-refractivity contribution in [3.05, 3.63) is 41.0 Å². The molecule has 0 heterocycles. The third-order valence-corrected chi connectivity index (χ3v) is 2.63. The van der Waals surface area contributed by atoms with E-state index in [1.807, 2.05) is 30.3 Å². The molecular weight excluding hydrogens is 172 g/mol. The van der Waals surface area contributed by atoms with Gasteiger partial charge in [-0.3, -0.25) is 4.79 Å². The first-order valence-electron chi connectivity index (χ1n) is 5.17. The second-order valence-corrected chi connectivity index (χ2v) is 3.69. The van der Waals surface area contributed by atoms with E-state index in [0.29, 0.717) is 0 Å². The van der Waals surface area contributed by atoms with Crippen molar-refractivity contribution in [2.45, 2.75) is 26.2 Å². The zero-order valence-corrected chi connectivity index (χ0v) is 8.42. The van der Waals surface area contributed by atoms with Crippen molar-refractivity contribution in [3.8, 4) is 0 Å². The highest BCUT2D eigenvalue weighted by molar-refractivity contribution is 6.17. The molecule has 0 saturated heterocycles. The summed E-state index contributed by atoms with van der Waals surface area (Å²) in [4.78, 5) is 11.8. The monoisotopic (exact) mass is 186 g/mol. The Morgan fingerprint density at radius 2 is 2.00 bits per heavy atom. The van der Waals surface area contributed by atoms with Gasteiger partial charge in [0.25, 0.3) is 0 Å². The molecule has 0 spiro atoms. The fraction of sp³-hybridized carbons (Fsp3) is 0.308. The molecule has 0 saturated carbocycles.